The molecule has 0 aliphatic heterocycles. The van der Waals surface area contributed by atoms with Gasteiger partial charge in [-0.25, -0.2) is 9.97 Å². The minimum absolute atomic E-state index is 0.721. The van der Waals surface area contributed by atoms with Crippen molar-refractivity contribution < 1.29 is 0 Å². The molecule has 0 amide bonds. The number of fused-ring (bicyclic) bond motifs is 1. The molecule has 2 aromatic heterocycles. The van der Waals surface area contributed by atoms with Crippen LogP contribution in [0.3, 0.4) is 0 Å². The van der Waals surface area contributed by atoms with Crippen LogP contribution in [0, 0.1) is 13.8 Å². The Labute approximate surface area is 121 Å². The molecule has 4 nitrogen and oxygen atoms in total. The lowest BCUT2D eigenvalue weighted by Crippen LogP contribution is -2.01. The Morgan fingerprint density at radius 2 is 2.05 bits per heavy atom. The second kappa shape index (κ2) is 5.09. The first-order valence-corrected chi connectivity index (χ1v) is 7.25. The van der Waals surface area contributed by atoms with Gasteiger partial charge < -0.3 is 11.1 Å². The molecule has 3 rings (SSSR count). The van der Waals surface area contributed by atoms with Gasteiger partial charge in [0.2, 0.25) is 0 Å². The molecule has 0 spiro atoms. The lowest BCUT2D eigenvalue weighted by molar-refractivity contribution is 1.12. The van der Waals surface area contributed by atoms with Gasteiger partial charge in [-0.3, -0.25) is 0 Å². The minimum atomic E-state index is 0.721. The van der Waals surface area contributed by atoms with Crippen molar-refractivity contribution in [1.29, 1.82) is 0 Å². The molecular weight excluding hydrogens is 268 g/mol. The fraction of sp³-hybridized carbons (Fsp3) is 0.200. The van der Waals surface area contributed by atoms with Gasteiger partial charge in [-0.2, -0.15) is 0 Å². The number of aromatic nitrogens is 2. The van der Waals surface area contributed by atoms with Gasteiger partial charge in [0, 0.05) is 20.8 Å². The number of hydrogen-bond acceptors (Lipinski definition) is 5. The molecule has 0 radical (unpaired) electrons. The van der Waals surface area contributed by atoms with Crippen LogP contribution in [0.25, 0.3) is 10.9 Å². The Balaban J connectivity index is 1.89. The number of hydrogen-bond donors (Lipinski definition) is 2. The Bertz CT molecular complexity index is 744. The highest BCUT2D eigenvalue weighted by Crippen LogP contribution is 2.24. The number of anilines is 2. The van der Waals surface area contributed by atoms with Crippen molar-refractivity contribution in [3.63, 3.8) is 0 Å². The van der Waals surface area contributed by atoms with E-state index < -0.39 is 0 Å². The number of nitrogens with one attached hydrogen (secondary N) is 1. The largest absolute Gasteiger partial charge is 0.399 e. The molecule has 0 saturated carbocycles. The van der Waals surface area contributed by atoms with E-state index in [1.807, 2.05) is 29.5 Å². The summed E-state index contributed by atoms with van der Waals surface area (Å²) < 4.78 is 0. The molecule has 3 N–H and O–H groups in total. The number of thiophene rings is 1. The normalized spacial score (nSPS) is 10.9. The van der Waals surface area contributed by atoms with Crippen molar-refractivity contribution >= 4 is 33.7 Å². The highest BCUT2D eigenvalue weighted by atomic mass is 32.1. The highest BCUT2D eigenvalue weighted by Gasteiger charge is 2.06. The van der Waals surface area contributed by atoms with Crippen molar-refractivity contribution in [1.82, 2.24) is 9.97 Å². The van der Waals surface area contributed by atoms with Gasteiger partial charge in [0.25, 0.3) is 0 Å². The van der Waals surface area contributed by atoms with E-state index in [4.69, 9.17) is 5.73 Å². The van der Waals surface area contributed by atoms with E-state index in [-0.39, 0.29) is 0 Å². The Kier molecular flexibility index (Phi) is 3.28. The lowest BCUT2D eigenvalue weighted by atomic mass is 10.2. The molecule has 0 aliphatic carbocycles. The zero-order valence-electron chi connectivity index (χ0n) is 11.5. The van der Waals surface area contributed by atoms with E-state index in [1.54, 1.807) is 6.33 Å². The average Bonchev–Trinajstić information content (AvgIpc) is 2.75. The van der Waals surface area contributed by atoms with Crippen LogP contribution in [0.5, 0.6) is 0 Å². The van der Waals surface area contributed by atoms with Crippen LogP contribution in [0.4, 0.5) is 11.5 Å². The van der Waals surface area contributed by atoms with Crippen molar-refractivity contribution in [2.24, 2.45) is 0 Å². The summed E-state index contributed by atoms with van der Waals surface area (Å²) in [5, 5.41) is 4.33. The number of nitrogens with zero attached hydrogens (tertiary/aromatic N) is 2. The molecule has 3 aromatic rings. The topological polar surface area (TPSA) is 63.8 Å². The van der Waals surface area contributed by atoms with Crippen molar-refractivity contribution in [2.75, 3.05) is 11.1 Å². The predicted molar refractivity (Wildman–Crippen MR) is 85.1 cm³/mol. The molecule has 0 saturated heterocycles. The third-order valence-electron chi connectivity index (χ3n) is 3.31. The van der Waals surface area contributed by atoms with E-state index in [0.29, 0.717) is 0 Å². The van der Waals surface area contributed by atoms with Gasteiger partial charge >= 0.3 is 0 Å². The van der Waals surface area contributed by atoms with Crippen LogP contribution in [-0.2, 0) is 6.54 Å². The van der Waals surface area contributed by atoms with E-state index in [9.17, 15) is 0 Å². The summed E-state index contributed by atoms with van der Waals surface area (Å²) >= 11 is 1.81. The smallest absolute Gasteiger partial charge is 0.137 e. The molecule has 2 heterocycles. The number of rotatable bonds is 3. The van der Waals surface area contributed by atoms with E-state index in [0.717, 1.165) is 29.0 Å². The summed E-state index contributed by atoms with van der Waals surface area (Å²) in [6.07, 6.45) is 1.58. The summed E-state index contributed by atoms with van der Waals surface area (Å²) in [6, 6.07) is 7.88. The predicted octanol–water partition coefficient (Wildman–Crippen LogP) is 3.50. The summed E-state index contributed by atoms with van der Waals surface area (Å²) in [6.45, 7) is 5.04. The Morgan fingerprint density at radius 1 is 1.20 bits per heavy atom. The third-order valence-corrected chi connectivity index (χ3v) is 4.46. The number of nitrogen functional groups attached to an aromatic ring is 1. The third kappa shape index (κ3) is 2.44. The minimum Gasteiger partial charge on any atom is -0.399 e. The van der Waals surface area contributed by atoms with Crippen LogP contribution in [0.1, 0.15) is 15.3 Å². The van der Waals surface area contributed by atoms with Gasteiger partial charge in [-0.05, 0) is 43.7 Å². The van der Waals surface area contributed by atoms with E-state index in [1.165, 1.54) is 15.3 Å². The first-order valence-electron chi connectivity index (χ1n) is 6.43. The fourth-order valence-corrected chi connectivity index (χ4v) is 3.12. The highest BCUT2D eigenvalue weighted by molar-refractivity contribution is 7.12. The maximum Gasteiger partial charge on any atom is 0.137 e. The van der Waals surface area contributed by atoms with Gasteiger partial charge in [0.05, 0.1) is 12.1 Å². The quantitative estimate of drug-likeness (QED) is 0.722. The molecular formula is C15H16N4S. The molecule has 20 heavy (non-hydrogen) atoms. The summed E-state index contributed by atoms with van der Waals surface area (Å²) in [5.74, 6) is 0.825. The monoisotopic (exact) mass is 284 g/mol. The van der Waals surface area contributed by atoms with Gasteiger partial charge in [0.15, 0.2) is 0 Å². The Hall–Kier alpha value is -2.14. The number of nitrogens with two attached hydrogens (primary N) is 1. The molecule has 0 fully saturated rings. The van der Waals surface area contributed by atoms with Crippen LogP contribution in [-0.4, -0.2) is 9.97 Å². The van der Waals surface area contributed by atoms with E-state index >= 15 is 0 Å². The first kappa shape index (κ1) is 12.9. The SMILES string of the molecule is Cc1cc(CNc2ncnc3ccc(N)cc23)sc1C. The Morgan fingerprint density at radius 3 is 2.80 bits per heavy atom. The molecule has 0 bridgehead atoms. The van der Waals surface area contributed by atoms with Crippen molar-refractivity contribution in [3.8, 4) is 0 Å². The number of aryl methyl sites for hydroxylation is 2. The van der Waals surface area contributed by atoms with Gasteiger partial charge in [-0.1, -0.05) is 0 Å². The summed E-state index contributed by atoms with van der Waals surface area (Å²) in [7, 11) is 0. The van der Waals surface area contributed by atoms with Gasteiger partial charge in [-0.15, -0.1) is 11.3 Å². The van der Waals surface area contributed by atoms with Crippen LogP contribution in [0.2, 0.25) is 0 Å². The fourth-order valence-electron chi connectivity index (χ4n) is 2.12. The zero-order chi connectivity index (χ0) is 14.1. The molecule has 1 aromatic carbocycles. The summed E-state index contributed by atoms with van der Waals surface area (Å²) in [4.78, 5) is 11.2. The molecule has 0 aliphatic rings. The van der Waals surface area contributed by atoms with Crippen molar-refractivity contribution in [3.05, 3.63) is 45.9 Å². The average molecular weight is 284 g/mol. The molecule has 0 unspecified atom stereocenters. The maximum absolute atomic E-state index is 5.84. The maximum atomic E-state index is 5.84. The van der Waals surface area contributed by atoms with Crippen LogP contribution >= 0.6 is 11.3 Å². The van der Waals surface area contributed by atoms with Crippen LogP contribution in [0.15, 0.2) is 30.6 Å². The van der Waals surface area contributed by atoms with Crippen LogP contribution < -0.4 is 11.1 Å². The molecule has 102 valence electrons. The number of benzene rings is 1. The standard InChI is InChI=1S/C15H16N4S/c1-9-5-12(20-10(9)2)7-17-15-13-6-11(16)3-4-14(13)18-8-19-15/h3-6,8H,7,16H2,1-2H3,(H,17,18,19). The van der Waals surface area contributed by atoms with Gasteiger partial charge in [0.1, 0.15) is 12.1 Å². The van der Waals surface area contributed by atoms with Crippen molar-refractivity contribution in [2.45, 2.75) is 20.4 Å². The first-order chi connectivity index (χ1) is 9.63. The zero-order valence-corrected chi connectivity index (χ0v) is 12.3. The molecule has 0 atom stereocenters. The second-order valence-electron chi connectivity index (χ2n) is 4.80. The van der Waals surface area contributed by atoms with E-state index in [2.05, 4.69) is 35.2 Å². The summed E-state index contributed by atoms with van der Waals surface area (Å²) in [5.41, 5.74) is 8.80. The lowest BCUT2D eigenvalue weighted by Gasteiger charge is -2.07. The molecule has 5 heteroatoms. The second-order valence-corrected chi connectivity index (χ2v) is 6.15.